The summed E-state index contributed by atoms with van der Waals surface area (Å²) in [6, 6.07) is 14.3. The van der Waals surface area contributed by atoms with Crippen molar-refractivity contribution in [2.45, 2.75) is 26.8 Å². The Hall–Kier alpha value is -2.44. The third-order valence-corrected chi connectivity index (χ3v) is 5.94. The van der Waals surface area contributed by atoms with Gasteiger partial charge in [0.1, 0.15) is 17.4 Å². The Morgan fingerprint density at radius 2 is 2.04 bits per heavy atom. The number of carbonyl (C=O) groups is 1. The van der Waals surface area contributed by atoms with Crippen LogP contribution in [0.3, 0.4) is 0 Å². The van der Waals surface area contributed by atoms with Crippen molar-refractivity contribution >= 4 is 27.5 Å². The van der Waals surface area contributed by atoms with Gasteiger partial charge in [0.15, 0.2) is 0 Å². The van der Waals surface area contributed by atoms with Crippen molar-refractivity contribution in [1.29, 1.82) is 0 Å². The topological polar surface area (TPSA) is 54.5 Å². The number of hydrogen-bond donors (Lipinski definition) is 1. The SMILES string of the molecule is Cc1ccc(OCCNC(=O)CN(C)[C@@H](C)c2nc3ccccc3s2)c(C)c1. The van der Waals surface area contributed by atoms with Crippen LogP contribution in [0.15, 0.2) is 42.5 Å². The summed E-state index contributed by atoms with van der Waals surface area (Å²) in [6.45, 7) is 7.42. The number of aromatic nitrogens is 1. The molecule has 1 heterocycles. The lowest BCUT2D eigenvalue weighted by atomic mass is 10.1. The van der Waals surface area contributed by atoms with Gasteiger partial charge in [-0.15, -0.1) is 11.3 Å². The number of benzene rings is 2. The van der Waals surface area contributed by atoms with Crippen LogP contribution in [0.4, 0.5) is 0 Å². The summed E-state index contributed by atoms with van der Waals surface area (Å²) in [5.41, 5.74) is 3.33. The van der Waals surface area contributed by atoms with E-state index in [1.807, 2.05) is 49.2 Å². The fourth-order valence-electron chi connectivity index (χ4n) is 2.99. The highest BCUT2D eigenvalue weighted by Gasteiger charge is 2.18. The molecule has 3 rings (SSSR count). The minimum absolute atomic E-state index is 0.0142. The van der Waals surface area contributed by atoms with Crippen LogP contribution in [0.2, 0.25) is 0 Å². The van der Waals surface area contributed by atoms with Crippen LogP contribution in [-0.2, 0) is 4.79 Å². The number of aryl methyl sites for hydroxylation is 2. The summed E-state index contributed by atoms with van der Waals surface area (Å²) in [7, 11) is 1.95. The molecule has 0 spiro atoms. The molecule has 0 fully saturated rings. The minimum atomic E-state index is -0.0142. The molecule has 0 saturated carbocycles. The highest BCUT2D eigenvalue weighted by Crippen LogP contribution is 2.28. The molecular weight excluding hydrogens is 370 g/mol. The number of rotatable bonds is 8. The van der Waals surface area contributed by atoms with Crippen LogP contribution in [0.5, 0.6) is 5.75 Å². The lowest BCUT2D eigenvalue weighted by Crippen LogP contribution is -2.38. The Kier molecular flexibility index (Phi) is 6.65. The van der Waals surface area contributed by atoms with Crippen molar-refractivity contribution in [1.82, 2.24) is 15.2 Å². The van der Waals surface area contributed by atoms with Gasteiger partial charge in [0.05, 0.1) is 29.3 Å². The molecule has 3 aromatic rings. The molecule has 0 bridgehead atoms. The first-order valence-corrected chi connectivity index (χ1v) is 10.3. The normalized spacial score (nSPS) is 12.3. The van der Waals surface area contributed by atoms with E-state index < -0.39 is 0 Å². The molecule has 1 aromatic heterocycles. The van der Waals surface area contributed by atoms with E-state index in [1.54, 1.807) is 11.3 Å². The maximum Gasteiger partial charge on any atom is 0.234 e. The zero-order valence-electron chi connectivity index (χ0n) is 16.9. The van der Waals surface area contributed by atoms with Crippen molar-refractivity contribution in [2.24, 2.45) is 0 Å². The zero-order valence-corrected chi connectivity index (χ0v) is 17.7. The van der Waals surface area contributed by atoms with Crippen LogP contribution in [0, 0.1) is 13.8 Å². The lowest BCUT2D eigenvalue weighted by molar-refractivity contribution is -0.122. The van der Waals surface area contributed by atoms with Gasteiger partial charge in [0.25, 0.3) is 0 Å². The van der Waals surface area contributed by atoms with E-state index in [0.717, 1.165) is 21.8 Å². The number of hydrogen-bond acceptors (Lipinski definition) is 5. The molecule has 5 nitrogen and oxygen atoms in total. The molecule has 2 aromatic carbocycles. The van der Waals surface area contributed by atoms with Crippen molar-refractivity contribution in [3.63, 3.8) is 0 Å². The molecule has 0 saturated heterocycles. The number of nitrogens with zero attached hydrogens (tertiary/aromatic N) is 2. The van der Waals surface area contributed by atoms with Gasteiger partial charge in [-0.05, 0) is 51.6 Å². The maximum absolute atomic E-state index is 12.3. The highest BCUT2D eigenvalue weighted by molar-refractivity contribution is 7.18. The first kappa shape index (κ1) is 20.3. The Bertz CT molecular complexity index is 921. The fraction of sp³-hybridized carbons (Fsp3) is 0.364. The van der Waals surface area contributed by atoms with Gasteiger partial charge in [-0.1, -0.05) is 29.8 Å². The zero-order chi connectivity index (χ0) is 20.1. The van der Waals surface area contributed by atoms with Gasteiger partial charge >= 0.3 is 0 Å². The van der Waals surface area contributed by atoms with Crippen LogP contribution in [-0.4, -0.2) is 42.5 Å². The fourth-order valence-corrected chi connectivity index (χ4v) is 4.07. The molecule has 1 N–H and O–H groups in total. The summed E-state index contributed by atoms with van der Waals surface area (Å²) >= 11 is 1.68. The molecular formula is C22H27N3O2S. The molecule has 148 valence electrons. The number of ether oxygens (including phenoxy) is 1. The van der Waals surface area contributed by atoms with Crippen molar-refractivity contribution in [3.8, 4) is 5.75 Å². The molecule has 1 atom stereocenters. The Morgan fingerprint density at radius 1 is 1.25 bits per heavy atom. The monoisotopic (exact) mass is 397 g/mol. The minimum Gasteiger partial charge on any atom is -0.491 e. The number of amides is 1. The smallest absolute Gasteiger partial charge is 0.234 e. The number of nitrogens with one attached hydrogen (secondary N) is 1. The van der Waals surface area contributed by atoms with Gasteiger partial charge < -0.3 is 10.1 Å². The summed E-state index contributed by atoms with van der Waals surface area (Å²) in [5, 5.41) is 3.95. The molecule has 0 unspecified atom stereocenters. The Morgan fingerprint density at radius 3 is 2.79 bits per heavy atom. The number of thiazole rings is 1. The second kappa shape index (κ2) is 9.17. The van der Waals surface area contributed by atoms with Crippen LogP contribution < -0.4 is 10.1 Å². The van der Waals surface area contributed by atoms with Crippen molar-refractivity contribution < 1.29 is 9.53 Å². The molecule has 28 heavy (non-hydrogen) atoms. The Balaban J connectivity index is 1.44. The second-order valence-corrected chi connectivity index (χ2v) is 8.14. The first-order chi connectivity index (χ1) is 13.4. The molecule has 6 heteroatoms. The van der Waals surface area contributed by atoms with Crippen LogP contribution >= 0.6 is 11.3 Å². The number of para-hydroxylation sites is 1. The number of likely N-dealkylation sites (N-methyl/N-ethyl adjacent to an activating group) is 1. The molecule has 0 aliphatic rings. The lowest BCUT2D eigenvalue weighted by Gasteiger charge is -2.22. The average Bonchev–Trinajstić information content (AvgIpc) is 3.10. The highest BCUT2D eigenvalue weighted by atomic mass is 32.1. The van der Waals surface area contributed by atoms with Gasteiger partial charge in [-0.2, -0.15) is 0 Å². The number of fused-ring (bicyclic) bond motifs is 1. The van der Waals surface area contributed by atoms with Crippen molar-refractivity contribution in [3.05, 3.63) is 58.6 Å². The third kappa shape index (κ3) is 5.09. The van der Waals surface area contributed by atoms with E-state index in [0.29, 0.717) is 19.7 Å². The average molecular weight is 398 g/mol. The second-order valence-electron chi connectivity index (χ2n) is 7.08. The quantitative estimate of drug-likeness (QED) is 0.582. The van der Waals surface area contributed by atoms with E-state index in [-0.39, 0.29) is 11.9 Å². The molecule has 0 aliphatic carbocycles. The Labute approximate surface area is 170 Å². The summed E-state index contributed by atoms with van der Waals surface area (Å²) < 4.78 is 6.93. The van der Waals surface area contributed by atoms with Gasteiger partial charge in [-0.25, -0.2) is 4.98 Å². The van der Waals surface area contributed by atoms with E-state index >= 15 is 0 Å². The standard InChI is InChI=1S/C22H27N3O2S/c1-15-9-10-19(16(2)13-15)27-12-11-23-21(26)14-25(4)17(3)22-24-18-7-5-6-8-20(18)28-22/h5-10,13,17H,11-12,14H2,1-4H3,(H,23,26)/t17-/m0/s1. The maximum atomic E-state index is 12.3. The summed E-state index contributed by atoms with van der Waals surface area (Å²) in [5.74, 6) is 0.848. The van der Waals surface area contributed by atoms with Crippen LogP contribution in [0.1, 0.15) is 29.1 Å². The van der Waals surface area contributed by atoms with E-state index in [9.17, 15) is 4.79 Å². The molecule has 0 radical (unpaired) electrons. The number of carbonyl (C=O) groups excluding carboxylic acids is 1. The van der Waals surface area contributed by atoms with Gasteiger partial charge in [0, 0.05) is 0 Å². The van der Waals surface area contributed by atoms with E-state index in [1.165, 1.54) is 10.3 Å². The first-order valence-electron chi connectivity index (χ1n) is 9.46. The van der Waals surface area contributed by atoms with Gasteiger partial charge in [-0.3, -0.25) is 9.69 Å². The molecule has 0 aliphatic heterocycles. The van der Waals surface area contributed by atoms with E-state index in [2.05, 4.69) is 36.3 Å². The van der Waals surface area contributed by atoms with Crippen molar-refractivity contribution in [2.75, 3.05) is 26.7 Å². The third-order valence-electron chi connectivity index (χ3n) is 4.73. The van der Waals surface area contributed by atoms with Crippen LogP contribution in [0.25, 0.3) is 10.2 Å². The van der Waals surface area contributed by atoms with Gasteiger partial charge in [0.2, 0.25) is 5.91 Å². The largest absolute Gasteiger partial charge is 0.491 e. The summed E-state index contributed by atoms with van der Waals surface area (Å²) in [4.78, 5) is 19.0. The predicted octanol–water partition coefficient (Wildman–Crippen LogP) is 4.10. The summed E-state index contributed by atoms with van der Waals surface area (Å²) in [6.07, 6.45) is 0. The van der Waals surface area contributed by atoms with E-state index in [4.69, 9.17) is 4.74 Å². The predicted molar refractivity (Wildman–Crippen MR) is 115 cm³/mol. The molecule has 1 amide bonds.